The normalized spacial score (nSPS) is 14.9. The molecule has 2 aliphatic rings. The molecule has 0 amide bonds. The number of ether oxygens (including phenoxy) is 2. The summed E-state index contributed by atoms with van der Waals surface area (Å²) in [6, 6.07) is 8.16. The first-order chi connectivity index (χ1) is 13.5. The van der Waals surface area contributed by atoms with Gasteiger partial charge in [0.2, 0.25) is 0 Å². The van der Waals surface area contributed by atoms with Gasteiger partial charge in [-0.15, -0.1) is 0 Å². The lowest BCUT2D eigenvalue weighted by molar-refractivity contribution is 0.402. The van der Waals surface area contributed by atoms with Crippen molar-refractivity contribution in [1.82, 2.24) is 0 Å². The summed E-state index contributed by atoms with van der Waals surface area (Å²) >= 11 is 3.51. The molecule has 0 aliphatic heterocycles. The SMILES string of the molecule is COc1cc2c(cc1B(O)O)CCCC2.COc1cc2c(cc1Br)CCCC2. The topological polar surface area (TPSA) is 58.9 Å². The minimum absolute atomic E-state index is 0.471. The van der Waals surface area contributed by atoms with E-state index in [2.05, 4.69) is 28.1 Å². The number of halogens is 1. The maximum absolute atomic E-state index is 9.21. The van der Waals surface area contributed by atoms with Crippen LogP contribution in [-0.2, 0) is 25.7 Å². The molecular formula is C22H28BBrO4. The fourth-order valence-corrected chi connectivity index (χ4v) is 4.60. The van der Waals surface area contributed by atoms with Gasteiger partial charge in [-0.25, -0.2) is 0 Å². The van der Waals surface area contributed by atoms with Crippen molar-refractivity contribution in [3.63, 3.8) is 0 Å². The quantitative estimate of drug-likeness (QED) is 0.707. The highest BCUT2D eigenvalue weighted by atomic mass is 79.9. The summed E-state index contributed by atoms with van der Waals surface area (Å²) in [5.41, 5.74) is 5.93. The molecular weight excluding hydrogens is 419 g/mol. The Bertz CT molecular complexity index is 823. The van der Waals surface area contributed by atoms with Crippen LogP contribution in [-0.4, -0.2) is 31.4 Å². The van der Waals surface area contributed by atoms with E-state index in [9.17, 15) is 10.0 Å². The summed E-state index contributed by atoms with van der Waals surface area (Å²) < 4.78 is 11.5. The first-order valence-electron chi connectivity index (χ1n) is 9.94. The molecule has 6 heteroatoms. The van der Waals surface area contributed by atoms with E-state index in [0.29, 0.717) is 11.2 Å². The van der Waals surface area contributed by atoms with Crippen LogP contribution in [0, 0.1) is 0 Å². The zero-order valence-electron chi connectivity index (χ0n) is 16.6. The second kappa shape index (κ2) is 9.81. The zero-order chi connectivity index (χ0) is 20.1. The number of hydrogen-bond acceptors (Lipinski definition) is 4. The molecule has 0 spiro atoms. The van der Waals surface area contributed by atoms with Crippen LogP contribution >= 0.6 is 15.9 Å². The molecule has 0 atom stereocenters. The Kier molecular flexibility index (Phi) is 7.44. The zero-order valence-corrected chi connectivity index (χ0v) is 18.2. The van der Waals surface area contributed by atoms with Gasteiger partial charge in [0.05, 0.1) is 18.7 Å². The molecule has 150 valence electrons. The molecule has 2 aliphatic carbocycles. The predicted molar refractivity (Wildman–Crippen MR) is 117 cm³/mol. The second-order valence-electron chi connectivity index (χ2n) is 7.41. The van der Waals surface area contributed by atoms with E-state index < -0.39 is 7.12 Å². The maximum Gasteiger partial charge on any atom is 0.492 e. The van der Waals surface area contributed by atoms with E-state index in [0.717, 1.165) is 23.1 Å². The minimum Gasteiger partial charge on any atom is -0.497 e. The van der Waals surface area contributed by atoms with Crippen LogP contribution in [0.25, 0.3) is 0 Å². The van der Waals surface area contributed by atoms with Gasteiger partial charge in [-0.1, -0.05) is 6.07 Å². The largest absolute Gasteiger partial charge is 0.497 e. The van der Waals surface area contributed by atoms with Crippen molar-refractivity contribution in [3.8, 4) is 11.5 Å². The van der Waals surface area contributed by atoms with Crippen molar-refractivity contribution in [1.29, 1.82) is 0 Å². The lowest BCUT2D eigenvalue weighted by Crippen LogP contribution is -2.32. The predicted octanol–water partition coefficient (Wildman–Crippen LogP) is 3.59. The number of hydrogen-bond donors (Lipinski definition) is 2. The molecule has 0 unspecified atom stereocenters. The minimum atomic E-state index is -1.45. The molecule has 2 aromatic carbocycles. The maximum atomic E-state index is 9.21. The van der Waals surface area contributed by atoms with E-state index in [1.165, 1.54) is 60.8 Å². The highest BCUT2D eigenvalue weighted by molar-refractivity contribution is 9.10. The third-order valence-electron chi connectivity index (χ3n) is 5.59. The van der Waals surface area contributed by atoms with Gasteiger partial charge in [0.25, 0.3) is 0 Å². The van der Waals surface area contributed by atoms with Gasteiger partial charge in [-0.3, -0.25) is 0 Å². The summed E-state index contributed by atoms with van der Waals surface area (Å²) in [5.74, 6) is 1.53. The Hall–Kier alpha value is -1.50. The fourth-order valence-electron chi connectivity index (χ4n) is 4.05. The molecule has 0 radical (unpaired) electrons. The van der Waals surface area contributed by atoms with E-state index in [1.54, 1.807) is 14.2 Å². The van der Waals surface area contributed by atoms with E-state index in [1.807, 2.05) is 12.1 Å². The average Bonchev–Trinajstić information content (AvgIpc) is 2.72. The van der Waals surface area contributed by atoms with Crippen LogP contribution in [0.5, 0.6) is 11.5 Å². The van der Waals surface area contributed by atoms with Crippen molar-refractivity contribution >= 4 is 28.5 Å². The van der Waals surface area contributed by atoms with Crippen LogP contribution in [0.1, 0.15) is 47.9 Å². The van der Waals surface area contributed by atoms with Crippen LogP contribution in [0.4, 0.5) is 0 Å². The first kappa shape index (κ1) is 21.2. The summed E-state index contributed by atoms with van der Waals surface area (Å²) in [6.45, 7) is 0. The molecule has 0 saturated heterocycles. The van der Waals surface area contributed by atoms with Gasteiger partial charge in [0, 0.05) is 5.46 Å². The van der Waals surface area contributed by atoms with Gasteiger partial charge < -0.3 is 19.5 Å². The number of methoxy groups -OCH3 is 2. The van der Waals surface area contributed by atoms with Crippen LogP contribution in [0.3, 0.4) is 0 Å². The van der Waals surface area contributed by atoms with Gasteiger partial charge >= 0.3 is 7.12 Å². The van der Waals surface area contributed by atoms with Crippen molar-refractivity contribution in [3.05, 3.63) is 51.0 Å². The van der Waals surface area contributed by atoms with E-state index in [-0.39, 0.29) is 0 Å². The highest BCUT2D eigenvalue weighted by Crippen LogP contribution is 2.32. The molecule has 2 N–H and O–H groups in total. The Labute approximate surface area is 176 Å². The number of fused-ring (bicyclic) bond motifs is 2. The van der Waals surface area contributed by atoms with Crippen molar-refractivity contribution in [2.45, 2.75) is 51.4 Å². The lowest BCUT2D eigenvalue weighted by atomic mass is 9.76. The molecule has 0 fully saturated rings. The lowest BCUT2D eigenvalue weighted by Gasteiger charge is -2.19. The standard InChI is InChI=1S/C11H15BO3.C11H13BrO/c1-15-11-7-9-5-3-2-4-8(9)6-10(11)12(13)14;1-13-11-7-9-5-3-2-4-8(9)6-10(11)12/h6-7,13-14H,2-5H2,1H3;6-7H,2-5H2,1H3. The van der Waals surface area contributed by atoms with Crippen molar-refractivity contribution in [2.75, 3.05) is 14.2 Å². The molecule has 0 bridgehead atoms. The van der Waals surface area contributed by atoms with Crippen molar-refractivity contribution < 1.29 is 19.5 Å². The number of rotatable bonds is 3. The fraction of sp³-hybridized carbons (Fsp3) is 0.455. The smallest absolute Gasteiger partial charge is 0.492 e. The summed E-state index contributed by atoms with van der Waals surface area (Å²) in [6.07, 6.45) is 9.55. The molecule has 28 heavy (non-hydrogen) atoms. The number of aryl methyl sites for hydroxylation is 4. The summed E-state index contributed by atoms with van der Waals surface area (Å²) in [5, 5.41) is 18.4. The third kappa shape index (κ3) is 4.91. The van der Waals surface area contributed by atoms with Crippen molar-refractivity contribution in [2.24, 2.45) is 0 Å². The van der Waals surface area contributed by atoms with E-state index >= 15 is 0 Å². The molecule has 0 saturated carbocycles. The molecule has 4 nitrogen and oxygen atoms in total. The molecule has 2 aromatic rings. The summed E-state index contributed by atoms with van der Waals surface area (Å²) in [7, 11) is 1.82. The van der Waals surface area contributed by atoms with Gasteiger partial charge in [-0.05, 0) is 108 Å². The number of benzene rings is 2. The second-order valence-corrected chi connectivity index (χ2v) is 8.26. The van der Waals surface area contributed by atoms with Crippen LogP contribution in [0.2, 0.25) is 0 Å². The third-order valence-corrected chi connectivity index (χ3v) is 6.21. The molecule has 4 rings (SSSR count). The first-order valence-corrected chi connectivity index (χ1v) is 10.7. The Morgan fingerprint density at radius 2 is 1.14 bits per heavy atom. The average molecular weight is 447 g/mol. The van der Waals surface area contributed by atoms with Gasteiger partial charge in [-0.2, -0.15) is 0 Å². The molecule has 0 aromatic heterocycles. The molecule has 0 heterocycles. The summed E-state index contributed by atoms with van der Waals surface area (Å²) in [4.78, 5) is 0. The van der Waals surface area contributed by atoms with Crippen LogP contribution in [0.15, 0.2) is 28.7 Å². The Morgan fingerprint density at radius 1 is 0.714 bits per heavy atom. The van der Waals surface area contributed by atoms with Gasteiger partial charge in [0.1, 0.15) is 11.5 Å². The van der Waals surface area contributed by atoms with Crippen LogP contribution < -0.4 is 14.9 Å². The highest BCUT2D eigenvalue weighted by Gasteiger charge is 2.21. The monoisotopic (exact) mass is 446 g/mol. The van der Waals surface area contributed by atoms with Gasteiger partial charge in [0.15, 0.2) is 0 Å². The van der Waals surface area contributed by atoms with E-state index in [4.69, 9.17) is 9.47 Å². The Morgan fingerprint density at radius 3 is 1.61 bits per heavy atom. The Balaban J connectivity index is 0.000000162.